The van der Waals surface area contributed by atoms with Crippen LogP contribution in [0.3, 0.4) is 0 Å². The van der Waals surface area contributed by atoms with Crippen molar-refractivity contribution in [3.8, 4) is 0 Å². The van der Waals surface area contributed by atoms with Crippen molar-refractivity contribution in [3.05, 3.63) is 35.0 Å². The van der Waals surface area contributed by atoms with Crippen molar-refractivity contribution in [2.75, 3.05) is 19.7 Å². The molecule has 0 saturated carbocycles. The molecule has 2 aromatic rings. The standard InChI is InChI=1S/C17H20ClN3O3/c1-2-24-17(23)21-7-5-12(6-8-21)20-16(22)14-10-19-15-4-3-11(18)9-13(14)15/h3-4,9-10,12,19H,2,5-8H2,1H3,(H,20,22). The van der Waals surface area contributed by atoms with E-state index in [1.165, 1.54) is 0 Å². The van der Waals surface area contributed by atoms with Gasteiger partial charge >= 0.3 is 6.09 Å². The van der Waals surface area contributed by atoms with Crippen LogP contribution in [0.1, 0.15) is 30.1 Å². The number of carbonyl (C=O) groups is 2. The third kappa shape index (κ3) is 3.48. The summed E-state index contributed by atoms with van der Waals surface area (Å²) in [6.45, 7) is 3.34. The smallest absolute Gasteiger partial charge is 0.409 e. The van der Waals surface area contributed by atoms with Gasteiger partial charge in [0.25, 0.3) is 5.91 Å². The number of nitrogens with zero attached hydrogens (tertiary/aromatic N) is 1. The normalized spacial score (nSPS) is 15.5. The molecule has 7 heteroatoms. The number of carbonyl (C=O) groups excluding carboxylic acids is 2. The van der Waals surface area contributed by atoms with E-state index < -0.39 is 0 Å². The number of benzene rings is 1. The molecule has 2 heterocycles. The van der Waals surface area contributed by atoms with Crippen molar-refractivity contribution in [2.24, 2.45) is 0 Å². The zero-order chi connectivity index (χ0) is 17.1. The summed E-state index contributed by atoms with van der Waals surface area (Å²) in [5, 5.41) is 4.45. The SMILES string of the molecule is CCOC(=O)N1CCC(NC(=O)c2c[nH]c3ccc(Cl)cc23)CC1. The molecule has 0 bridgehead atoms. The second-order valence-electron chi connectivity index (χ2n) is 5.83. The number of aromatic amines is 1. The molecule has 1 aromatic carbocycles. The van der Waals surface area contributed by atoms with Gasteiger partial charge in [0.15, 0.2) is 0 Å². The summed E-state index contributed by atoms with van der Waals surface area (Å²) in [7, 11) is 0. The molecule has 128 valence electrons. The van der Waals surface area contributed by atoms with Crippen molar-refractivity contribution in [1.82, 2.24) is 15.2 Å². The van der Waals surface area contributed by atoms with Gasteiger partial charge < -0.3 is 19.9 Å². The van der Waals surface area contributed by atoms with Crippen LogP contribution in [-0.2, 0) is 4.74 Å². The van der Waals surface area contributed by atoms with Crippen molar-refractivity contribution in [2.45, 2.75) is 25.8 Å². The number of fused-ring (bicyclic) bond motifs is 1. The fraction of sp³-hybridized carbons (Fsp3) is 0.412. The maximum atomic E-state index is 12.5. The van der Waals surface area contributed by atoms with E-state index in [1.54, 1.807) is 30.2 Å². The Hall–Kier alpha value is -2.21. The molecule has 1 aliphatic rings. The van der Waals surface area contributed by atoms with Gasteiger partial charge in [0.2, 0.25) is 0 Å². The molecule has 0 radical (unpaired) electrons. The van der Waals surface area contributed by atoms with Crippen LogP contribution in [-0.4, -0.2) is 47.6 Å². The Morgan fingerprint density at radius 3 is 2.83 bits per heavy atom. The van der Waals surface area contributed by atoms with Crippen LogP contribution >= 0.6 is 11.6 Å². The van der Waals surface area contributed by atoms with Crippen molar-refractivity contribution >= 4 is 34.5 Å². The number of nitrogens with one attached hydrogen (secondary N) is 2. The van der Waals surface area contributed by atoms with E-state index in [2.05, 4.69) is 10.3 Å². The lowest BCUT2D eigenvalue weighted by Gasteiger charge is -2.31. The van der Waals surface area contributed by atoms with Crippen LogP contribution in [0.5, 0.6) is 0 Å². The topological polar surface area (TPSA) is 74.4 Å². The average molecular weight is 350 g/mol. The molecule has 3 rings (SSSR count). The first-order valence-electron chi connectivity index (χ1n) is 8.07. The molecular formula is C17H20ClN3O3. The Balaban J connectivity index is 1.61. The van der Waals surface area contributed by atoms with Crippen LogP contribution in [0.2, 0.25) is 5.02 Å². The highest BCUT2D eigenvalue weighted by atomic mass is 35.5. The minimum atomic E-state index is -0.284. The van der Waals surface area contributed by atoms with Gasteiger partial charge in [-0.1, -0.05) is 11.6 Å². The van der Waals surface area contributed by atoms with Crippen LogP contribution in [0.25, 0.3) is 10.9 Å². The Kier molecular flexibility index (Phi) is 4.94. The Morgan fingerprint density at radius 2 is 2.12 bits per heavy atom. The molecule has 1 aliphatic heterocycles. The largest absolute Gasteiger partial charge is 0.450 e. The third-order valence-electron chi connectivity index (χ3n) is 4.24. The number of piperidine rings is 1. The monoisotopic (exact) mass is 349 g/mol. The molecule has 1 aromatic heterocycles. The van der Waals surface area contributed by atoms with Crippen LogP contribution in [0.15, 0.2) is 24.4 Å². The predicted molar refractivity (Wildman–Crippen MR) is 92.4 cm³/mol. The summed E-state index contributed by atoms with van der Waals surface area (Å²) in [6.07, 6.45) is 2.85. The van der Waals surface area contributed by atoms with E-state index in [-0.39, 0.29) is 18.0 Å². The van der Waals surface area contributed by atoms with Gasteiger partial charge in [-0.15, -0.1) is 0 Å². The van der Waals surface area contributed by atoms with Gasteiger partial charge in [-0.2, -0.15) is 0 Å². The maximum absolute atomic E-state index is 12.5. The molecule has 1 saturated heterocycles. The summed E-state index contributed by atoms with van der Waals surface area (Å²) in [4.78, 5) is 29.0. The first kappa shape index (κ1) is 16.6. The zero-order valence-corrected chi connectivity index (χ0v) is 14.2. The molecule has 2 amide bonds. The quantitative estimate of drug-likeness (QED) is 0.893. The van der Waals surface area contributed by atoms with Crippen LogP contribution < -0.4 is 5.32 Å². The van der Waals surface area contributed by atoms with E-state index in [1.807, 2.05) is 6.07 Å². The third-order valence-corrected chi connectivity index (χ3v) is 4.48. The lowest BCUT2D eigenvalue weighted by atomic mass is 10.0. The van der Waals surface area contributed by atoms with E-state index >= 15 is 0 Å². The number of H-pyrrole nitrogens is 1. The Labute approximate surface area is 145 Å². The molecular weight excluding hydrogens is 330 g/mol. The summed E-state index contributed by atoms with van der Waals surface area (Å²) in [6, 6.07) is 5.47. The minimum absolute atomic E-state index is 0.0484. The van der Waals surface area contributed by atoms with Gasteiger partial charge in [-0.3, -0.25) is 4.79 Å². The van der Waals surface area contributed by atoms with Gasteiger partial charge in [-0.05, 0) is 38.0 Å². The van der Waals surface area contributed by atoms with Crippen molar-refractivity contribution in [1.29, 1.82) is 0 Å². The van der Waals surface area contributed by atoms with E-state index in [4.69, 9.17) is 16.3 Å². The highest BCUT2D eigenvalue weighted by Gasteiger charge is 2.25. The lowest BCUT2D eigenvalue weighted by molar-refractivity contribution is 0.0861. The molecule has 6 nitrogen and oxygen atoms in total. The fourth-order valence-corrected chi connectivity index (χ4v) is 3.14. The van der Waals surface area contributed by atoms with Crippen LogP contribution in [0, 0.1) is 0 Å². The minimum Gasteiger partial charge on any atom is -0.450 e. The predicted octanol–water partition coefficient (Wildman–Crippen LogP) is 3.17. The molecule has 2 N–H and O–H groups in total. The Bertz CT molecular complexity index is 751. The van der Waals surface area contributed by atoms with Gasteiger partial charge in [0, 0.05) is 41.3 Å². The van der Waals surface area contributed by atoms with Crippen LogP contribution in [0.4, 0.5) is 4.79 Å². The van der Waals surface area contributed by atoms with Gasteiger partial charge in [0.1, 0.15) is 0 Å². The molecule has 0 unspecified atom stereocenters. The van der Waals surface area contributed by atoms with Gasteiger partial charge in [0.05, 0.1) is 12.2 Å². The summed E-state index contributed by atoms with van der Waals surface area (Å²) in [5.74, 6) is -0.127. The number of aromatic nitrogens is 1. The number of rotatable bonds is 3. The summed E-state index contributed by atoms with van der Waals surface area (Å²) >= 11 is 6.02. The number of halogens is 1. The molecule has 1 fully saturated rings. The lowest BCUT2D eigenvalue weighted by Crippen LogP contribution is -2.46. The number of amides is 2. The molecule has 24 heavy (non-hydrogen) atoms. The number of hydrogen-bond donors (Lipinski definition) is 2. The van der Waals surface area contributed by atoms with Crippen molar-refractivity contribution < 1.29 is 14.3 Å². The fourth-order valence-electron chi connectivity index (χ4n) is 2.97. The van der Waals surface area contributed by atoms with E-state index in [0.717, 1.165) is 10.9 Å². The Morgan fingerprint density at radius 1 is 1.38 bits per heavy atom. The number of ether oxygens (including phenoxy) is 1. The van der Waals surface area contributed by atoms with Gasteiger partial charge in [-0.25, -0.2) is 4.79 Å². The summed E-state index contributed by atoms with van der Waals surface area (Å²) in [5.41, 5.74) is 1.46. The highest BCUT2D eigenvalue weighted by molar-refractivity contribution is 6.31. The first-order chi connectivity index (χ1) is 11.6. The number of likely N-dealkylation sites (tertiary alicyclic amines) is 1. The van der Waals surface area contributed by atoms with Crippen molar-refractivity contribution in [3.63, 3.8) is 0 Å². The summed E-state index contributed by atoms with van der Waals surface area (Å²) < 4.78 is 5.00. The molecule has 0 atom stereocenters. The van der Waals surface area contributed by atoms with E-state index in [9.17, 15) is 9.59 Å². The first-order valence-corrected chi connectivity index (χ1v) is 8.45. The number of hydrogen-bond acceptors (Lipinski definition) is 3. The zero-order valence-electron chi connectivity index (χ0n) is 13.5. The molecule has 0 aliphatic carbocycles. The molecule has 0 spiro atoms. The highest BCUT2D eigenvalue weighted by Crippen LogP contribution is 2.23. The average Bonchev–Trinajstić information content (AvgIpc) is 2.98. The second-order valence-corrected chi connectivity index (χ2v) is 6.26. The second kappa shape index (κ2) is 7.13. The van der Waals surface area contributed by atoms with E-state index in [0.29, 0.717) is 43.1 Å². The maximum Gasteiger partial charge on any atom is 0.409 e.